The summed E-state index contributed by atoms with van der Waals surface area (Å²) in [5.74, 6) is 0. The van der Waals surface area contributed by atoms with E-state index in [1.165, 1.54) is 5.56 Å². The Labute approximate surface area is 96.3 Å². The second-order valence-corrected chi connectivity index (χ2v) is 6.19. The fourth-order valence-electron chi connectivity index (χ4n) is 1.35. The molecule has 2 N–H and O–H groups in total. The van der Waals surface area contributed by atoms with Gasteiger partial charge in [0.05, 0.1) is 5.60 Å². The van der Waals surface area contributed by atoms with E-state index in [0.29, 0.717) is 13.0 Å². The van der Waals surface area contributed by atoms with Crippen LogP contribution in [0.25, 0.3) is 0 Å². The Morgan fingerprint density at radius 3 is 2.47 bits per heavy atom. The summed E-state index contributed by atoms with van der Waals surface area (Å²) in [5.41, 5.74) is 0.591. The average molecular weight is 227 g/mol. The van der Waals surface area contributed by atoms with Gasteiger partial charge in [0.15, 0.2) is 0 Å². The molecule has 0 saturated heterocycles. The van der Waals surface area contributed by atoms with E-state index in [0.717, 1.165) is 0 Å². The van der Waals surface area contributed by atoms with E-state index < -0.39 is 5.60 Å². The fourth-order valence-corrected chi connectivity index (χ4v) is 2.02. The second kappa shape index (κ2) is 4.64. The highest BCUT2D eigenvalue weighted by molar-refractivity contribution is 7.07. The van der Waals surface area contributed by atoms with Gasteiger partial charge in [-0.05, 0) is 50.1 Å². The molecule has 0 spiro atoms. The van der Waals surface area contributed by atoms with Crippen LogP contribution in [0.3, 0.4) is 0 Å². The Morgan fingerprint density at radius 2 is 2.00 bits per heavy atom. The lowest BCUT2D eigenvalue weighted by atomic mass is 9.97. The monoisotopic (exact) mass is 227 g/mol. The lowest BCUT2D eigenvalue weighted by Gasteiger charge is -2.29. The van der Waals surface area contributed by atoms with E-state index in [9.17, 15) is 5.11 Å². The fraction of sp³-hybridized carbons (Fsp3) is 0.667. The Bertz CT molecular complexity index is 285. The van der Waals surface area contributed by atoms with Gasteiger partial charge in [0, 0.05) is 18.5 Å². The van der Waals surface area contributed by atoms with Crippen LogP contribution in [-0.2, 0) is 6.42 Å². The first-order chi connectivity index (χ1) is 6.79. The largest absolute Gasteiger partial charge is 0.389 e. The Morgan fingerprint density at radius 1 is 1.33 bits per heavy atom. The minimum Gasteiger partial charge on any atom is -0.389 e. The first-order valence-electron chi connectivity index (χ1n) is 5.27. The molecule has 0 fully saturated rings. The summed E-state index contributed by atoms with van der Waals surface area (Å²) >= 11 is 1.67. The summed E-state index contributed by atoms with van der Waals surface area (Å²) in [4.78, 5) is 0. The van der Waals surface area contributed by atoms with Crippen molar-refractivity contribution in [2.45, 2.75) is 45.3 Å². The summed E-state index contributed by atoms with van der Waals surface area (Å²) in [6, 6.07) is 2.07. The van der Waals surface area contributed by atoms with Gasteiger partial charge in [-0.25, -0.2) is 0 Å². The quantitative estimate of drug-likeness (QED) is 0.828. The molecule has 0 bridgehead atoms. The number of β-amino-alcohol motifs (C(OH)–C–C–N with tert-alkyl or cyclic N) is 1. The molecule has 1 unspecified atom stereocenters. The third-order valence-electron chi connectivity index (χ3n) is 2.16. The van der Waals surface area contributed by atoms with Crippen LogP contribution < -0.4 is 5.32 Å². The molecule has 2 nitrogen and oxygen atoms in total. The summed E-state index contributed by atoms with van der Waals surface area (Å²) in [7, 11) is 0. The zero-order valence-corrected chi connectivity index (χ0v) is 10.8. The standard InChI is InChI=1S/C12H21NOS/c1-11(2,3)13-9-12(4,14)7-10-5-6-15-8-10/h5-6,8,13-14H,7,9H2,1-4H3. The molecule has 15 heavy (non-hydrogen) atoms. The first kappa shape index (κ1) is 12.7. The molecule has 0 amide bonds. The van der Waals surface area contributed by atoms with E-state index in [1.807, 2.05) is 12.3 Å². The molecule has 1 atom stereocenters. The Kier molecular flexibility index (Phi) is 3.93. The van der Waals surface area contributed by atoms with Gasteiger partial charge in [-0.1, -0.05) is 0 Å². The molecule has 0 aliphatic heterocycles. The zero-order valence-electron chi connectivity index (χ0n) is 10.0. The lowest BCUT2D eigenvalue weighted by Crippen LogP contribution is -2.47. The zero-order chi connectivity index (χ0) is 11.5. The molecule has 86 valence electrons. The smallest absolute Gasteiger partial charge is 0.0784 e. The number of rotatable bonds is 4. The first-order valence-corrected chi connectivity index (χ1v) is 6.21. The topological polar surface area (TPSA) is 32.3 Å². The van der Waals surface area contributed by atoms with Crippen molar-refractivity contribution in [3.8, 4) is 0 Å². The van der Waals surface area contributed by atoms with Crippen molar-refractivity contribution in [3.05, 3.63) is 22.4 Å². The highest BCUT2D eigenvalue weighted by atomic mass is 32.1. The average Bonchev–Trinajstić information content (AvgIpc) is 2.52. The molecular formula is C12H21NOS. The Hall–Kier alpha value is -0.380. The van der Waals surface area contributed by atoms with Crippen molar-refractivity contribution >= 4 is 11.3 Å². The molecule has 0 aromatic carbocycles. The van der Waals surface area contributed by atoms with Gasteiger partial charge < -0.3 is 10.4 Å². The van der Waals surface area contributed by atoms with Crippen molar-refractivity contribution in [2.24, 2.45) is 0 Å². The maximum atomic E-state index is 10.2. The van der Waals surface area contributed by atoms with E-state index in [2.05, 4.69) is 37.5 Å². The molecule has 0 radical (unpaired) electrons. The van der Waals surface area contributed by atoms with Crippen LogP contribution in [0.2, 0.25) is 0 Å². The summed E-state index contributed by atoms with van der Waals surface area (Å²) < 4.78 is 0. The predicted octanol–water partition coefficient (Wildman–Crippen LogP) is 2.43. The summed E-state index contributed by atoms with van der Waals surface area (Å²) in [6.07, 6.45) is 0.708. The SMILES string of the molecule is CC(O)(CNC(C)(C)C)Cc1ccsc1. The molecule has 1 aromatic rings. The maximum Gasteiger partial charge on any atom is 0.0784 e. The molecule has 0 aliphatic rings. The number of nitrogens with one attached hydrogen (secondary N) is 1. The molecule has 1 aromatic heterocycles. The van der Waals surface area contributed by atoms with Crippen LogP contribution in [0.1, 0.15) is 33.3 Å². The molecule has 1 heterocycles. The van der Waals surface area contributed by atoms with Gasteiger partial charge in [-0.3, -0.25) is 0 Å². The van der Waals surface area contributed by atoms with E-state index in [-0.39, 0.29) is 5.54 Å². The minimum atomic E-state index is -0.672. The predicted molar refractivity (Wildman–Crippen MR) is 66.4 cm³/mol. The van der Waals surface area contributed by atoms with Crippen LogP contribution in [0.5, 0.6) is 0 Å². The van der Waals surface area contributed by atoms with E-state index in [1.54, 1.807) is 11.3 Å². The van der Waals surface area contributed by atoms with Crippen molar-refractivity contribution < 1.29 is 5.11 Å². The van der Waals surface area contributed by atoms with E-state index >= 15 is 0 Å². The van der Waals surface area contributed by atoms with Crippen LogP contribution in [0.4, 0.5) is 0 Å². The van der Waals surface area contributed by atoms with E-state index in [4.69, 9.17) is 0 Å². The lowest BCUT2D eigenvalue weighted by molar-refractivity contribution is 0.0536. The van der Waals surface area contributed by atoms with Crippen LogP contribution >= 0.6 is 11.3 Å². The third kappa shape index (κ3) is 5.30. The molecule has 0 saturated carbocycles. The number of thiophene rings is 1. The summed E-state index contributed by atoms with van der Waals surface area (Å²) in [6.45, 7) is 8.81. The maximum absolute atomic E-state index is 10.2. The Balaban J connectivity index is 2.45. The number of hydrogen-bond acceptors (Lipinski definition) is 3. The van der Waals surface area contributed by atoms with Crippen LogP contribution in [0, 0.1) is 0 Å². The van der Waals surface area contributed by atoms with Gasteiger partial charge in [0.1, 0.15) is 0 Å². The number of aliphatic hydroxyl groups is 1. The molecule has 1 rings (SSSR count). The van der Waals surface area contributed by atoms with Crippen molar-refractivity contribution in [2.75, 3.05) is 6.54 Å². The molecule has 0 aliphatic carbocycles. The van der Waals surface area contributed by atoms with Crippen molar-refractivity contribution in [3.63, 3.8) is 0 Å². The van der Waals surface area contributed by atoms with Crippen molar-refractivity contribution in [1.29, 1.82) is 0 Å². The van der Waals surface area contributed by atoms with Crippen molar-refractivity contribution in [1.82, 2.24) is 5.32 Å². The van der Waals surface area contributed by atoms with Gasteiger partial charge >= 0.3 is 0 Å². The van der Waals surface area contributed by atoms with Gasteiger partial charge in [0.25, 0.3) is 0 Å². The van der Waals surface area contributed by atoms with Gasteiger partial charge in [-0.2, -0.15) is 11.3 Å². The minimum absolute atomic E-state index is 0.0542. The number of hydrogen-bond donors (Lipinski definition) is 2. The molecular weight excluding hydrogens is 206 g/mol. The van der Waals surface area contributed by atoms with Gasteiger partial charge in [-0.15, -0.1) is 0 Å². The van der Waals surface area contributed by atoms with Gasteiger partial charge in [0.2, 0.25) is 0 Å². The highest BCUT2D eigenvalue weighted by Crippen LogP contribution is 2.16. The van der Waals surface area contributed by atoms with Crippen LogP contribution in [0.15, 0.2) is 16.8 Å². The molecule has 3 heteroatoms. The van der Waals surface area contributed by atoms with Crippen LogP contribution in [-0.4, -0.2) is 22.8 Å². The third-order valence-corrected chi connectivity index (χ3v) is 2.90. The second-order valence-electron chi connectivity index (χ2n) is 5.41. The highest BCUT2D eigenvalue weighted by Gasteiger charge is 2.23. The normalized spacial score (nSPS) is 16.3. The summed E-state index contributed by atoms with van der Waals surface area (Å²) in [5, 5.41) is 17.7.